The molecule has 2 aromatic heterocycles. The fourth-order valence-electron chi connectivity index (χ4n) is 2.88. The third-order valence-electron chi connectivity index (χ3n) is 4.27. The Bertz CT molecular complexity index is 866. The lowest BCUT2D eigenvalue weighted by molar-refractivity contribution is 0.0537. The van der Waals surface area contributed by atoms with Crippen LogP contribution in [-0.4, -0.2) is 41.1 Å². The van der Waals surface area contributed by atoms with Gasteiger partial charge in [0.15, 0.2) is 11.6 Å². The summed E-state index contributed by atoms with van der Waals surface area (Å²) in [6.45, 7) is 1.10. The molecular weight excluding hydrogens is 322 g/mol. The molecule has 25 heavy (non-hydrogen) atoms. The number of para-hydroxylation sites is 1. The molecule has 0 spiro atoms. The van der Waals surface area contributed by atoms with E-state index in [1.54, 1.807) is 24.1 Å². The number of carbonyl (C=O) groups excluding carboxylic acids is 1. The van der Waals surface area contributed by atoms with Crippen molar-refractivity contribution in [2.24, 2.45) is 0 Å². The molecule has 7 nitrogen and oxygen atoms in total. The number of aromatic nitrogens is 2. The molecule has 0 unspecified atom stereocenters. The maximum Gasteiger partial charge on any atom is 0.289 e. The summed E-state index contributed by atoms with van der Waals surface area (Å²) in [4.78, 5) is 18.3. The molecule has 3 aromatic rings. The van der Waals surface area contributed by atoms with Crippen molar-refractivity contribution < 1.29 is 18.5 Å². The molecule has 1 aliphatic heterocycles. The van der Waals surface area contributed by atoms with Crippen molar-refractivity contribution in [2.45, 2.75) is 12.3 Å². The Kier molecular flexibility index (Phi) is 3.97. The second kappa shape index (κ2) is 6.43. The van der Waals surface area contributed by atoms with Crippen molar-refractivity contribution in [3.05, 3.63) is 65.7 Å². The first kappa shape index (κ1) is 15.4. The number of hydrogen-bond acceptors (Lipinski definition) is 6. The standard InChI is InChI=1S/C18H17N3O4/c1-23-14-6-3-2-5-12(14)9-16-19-17(25-20-16)13-10-21(11-13)18(22)15-7-4-8-24-15/h2-8,13H,9-11H2,1H3. The maximum atomic E-state index is 12.1. The lowest BCUT2D eigenvalue weighted by atomic mass is 10.00. The van der Waals surface area contributed by atoms with Crippen LogP contribution in [0.1, 0.15) is 33.8 Å². The number of furan rings is 1. The summed E-state index contributed by atoms with van der Waals surface area (Å²) in [5.41, 5.74) is 1.00. The smallest absolute Gasteiger partial charge is 0.289 e. The molecule has 0 atom stereocenters. The van der Waals surface area contributed by atoms with E-state index in [-0.39, 0.29) is 11.8 Å². The van der Waals surface area contributed by atoms with Crippen molar-refractivity contribution in [2.75, 3.05) is 20.2 Å². The molecule has 1 saturated heterocycles. The Hall–Kier alpha value is -3.09. The van der Waals surface area contributed by atoms with Crippen molar-refractivity contribution in [3.63, 3.8) is 0 Å². The molecule has 1 aromatic carbocycles. The molecule has 0 aliphatic carbocycles. The maximum absolute atomic E-state index is 12.1. The van der Waals surface area contributed by atoms with E-state index >= 15 is 0 Å². The Labute approximate surface area is 144 Å². The van der Waals surface area contributed by atoms with Crippen molar-refractivity contribution in [1.29, 1.82) is 0 Å². The number of ether oxygens (including phenoxy) is 1. The number of methoxy groups -OCH3 is 1. The quantitative estimate of drug-likeness (QED) is 0.710. The van der Waals surface area contributed by atoms with E-state index in [1.165, 1.54) is 6.26 Å². The summed E-state index contributed by atoms with van der Waals surface area (Å²) in [6, 6.07) is 11.1. The number of rotatable bonds is 5. The highest BCUT2D eigenvalue weighted by molar-refractivity contribution is 5.92. The average Bonchev–Trinajstić information content (AvgIpc) is 3.26. The van der Waals surface area contributed by atoms with Gasteiger partial charge in [0.2, 0.25) is 5.89 Å². The number of benzene rings is 1. The zero-order chi connectivity index (χ0) is 17.2. The average molecular weight is 339 g/mol. The zero-order valence-corrected chi connectivity index (χ0v) is 13.7. The molecule has 0 N–H and O–H groups in total. The third kappa shape index (κ3) is 3.00. The molecule has 1 fully saturated rings. The summed E-state index contributed by atoms with van der Waals surface area (Å²) in [6.07, 6.45) is 2.03. The molecule has 0 saturated carbocycles. The number of hydrogen-bond donors (Lipinski definition) is 0. The molecule has 3 heterocycles. The van der Waals surface area contributed by atoms with Crippen LogP contribution in [0.5, 0.6) is 5.75 Å². The normalized spacial score (nSPS) is 14.4. The molecule has 4 rings (SSSR count). The number of carbonyl (C=O) groups is 1. The zero-order valence-electron chi connectivity index (χ0n) is 13.7. The van der Waals surface area contributed by atoms with Crippen molar-refractivity contribution in [3.8, 4) is 5.75 Å². The van der Waals surface area contributed by atoms with Crippen LogP contribution in [0.3, 0.4) is 0 Å². The van der Waals surface area contributed by atoms with Gasteiger partial charge < -0.3 is 18.6 Å². The SMILES string of the molecule is COc1ccccc1Cc1noc(C2CN(C(=O)c3ccco3)C2)n1. The molecule has 128 valence electrons. The van der Waals surface area contributed by atoms with E-state index in [0.717, 1.165) is 11.3 Å². The second-order valence-corrected chi connectivity index (χ2v) is 5.92. The van der Waals surface area contributed by atoms with Crippen LogP contribution in [0.2, 0.25) is 0 Å². The third-order valence-corrected chi connectivity index (χ3v) is 4.27. The van der Waals surface area contributed by atoms with Crippen molar-refractivity contribution >= 4 is 5.91 Å². The number of likely N-dealkylation sites (tertiary alicyclic amines) is 1. The Morgan fingerprint density at radius 3 is 2.88 bits per heavy atom. The molecular formula is C18H17N3O4. The fourth-order valence-corrected chi connectivity index (χ4v) is 2.88. The van der Waals surface area contributed by atoms with Crippen LogP contribution in [0, 0.1) is 0 Å². The predicted octanol–water partition coefficient (Wildman–Crippen LogP) is 2.50. The van der Waals surface area contributed by atoms with Gasteiger partial charge in [-0.1, -0.05) is 23.4 Å². The molecule has 7 heteroatoms. The topological polar surface area (TPSA) is 81.6 Å². The van der Waals surface area contributed by atoms with Gasteiger partial charge in [0.05, 0.1) is 19.3 Å². The van der Waals surface area contributed by atoms with Gasteiger partial charge in [0.1, 0.15) is 5.75 Å². The van der Waals surface area contributed by atoms with E-state index in [1.807, 2.05) is 24.3 Å². The first-order valence-electron chi connectivity index (χ1n) is 8.01. The summed E-state index contributed by atoms with van der Waals surface area (Å²) in [5, 5.41) is 4.05. The first-order chi connectivity index (χ1) is 12.2. The summed E-state index contributed by atoms with van der Waals surface area (Å²) >= 11 is 0. The predicted molar refractivity (Wildman–Crippen MR) is 87.5 cm³/mol. The largest absolute Gasteiger partial charge is 0.496 e. The van der Waals surface area contributed by atoms with Crippen LogP contribution < -0.4 is 4.74 Å². The van der Waals surface area contributed by atoms with E-state index in [9.17, 15) is 4.79 Å². The minimum absolute atomic E-state index is 0.0674. The van der Waals surface area contributed by atoms with E-state index in [0.29, 0.717) is 37.0 Å². The van der Waals surface area contributed by atoms with Gasteiger partial charge in [0.25, 0.3) is 5.91 Å². The highest BCUT2D eigenvalue weighted by atomic mass is 16.5. The Balaban J connectivity index is 1.39. The van der Waals surface area contributed by atoms with E-state index in [4.69, 9.17) is 13.7 Å². The second-order valence-electron chi connectivity index (χ2n) is 5.92. The van der Waals surface area contributed by atoms with Gasteiger partial charge >= 0.3 is 0 Å². The number of nitrogens with zero attached hydrogens (tertiary/aromatic N) is 3. The van der Waals surface area contributed by atoms with Gasteiger partial charge in [-0.05, 0) is 18.2 Å². The first-order valence-corrected chi connectivity index (χ1v) is 8.01. The summed E-state index contributed by atoms with van der Waals surface area (Å²) < 4.78 is 15.8. The van der Waals surface area contributed by atoms with E-state index < -0.39 is 0 Å². The Morgan fingerprint density at radius 1 is 1.28 bits per heavy atom. The lowest BCUT2D eigenvalue weighted by Gasteiger charge is -2.36. The Morgan fingerprint density at radius 2 is 2.12 bits per heavy atom. The van der Waals surface area contributed by atoms with Crippen LogP contribution in [0.15, 0.2) is 51.6 Å². The number of amides is 1. The molecule has 0 radical (unpaired) electrons. The van der Waals surface area contributed by atoms with Gasteiger partial charge in [-0.3, -0.25) is 4.79 Å². The van der Waals surface area contributed by atoms with Crippen LogP contribution in [0.25, 0.3) is 0 Å². The fraction of sp³-hybridized carbons (Fsp3) is 0.278. The van der Waals surface area contributed by atoms with Crippen LogP contribution in [-0.2, 0) is 6.42 Å². The summed E-state index contributed by atoms with van der Waals surface area (Å²) in [5.74, 6) is 2.27. The van der Waals surface area contributed by atoms with Gasteiger partial charge in [-0.15, -0.1) is 0 Å². The highest BCUT2D eigenvalue weighted by Crippen LogP contribution is 2.28. The molecule has 0 bridgehead atoms. The van der Waals surface area contributed by atoms with Gasteiger partial charge in [-0.2, -0.15) is 4.98 Å². The minimum Gasteiger partial charge on any atom is -0.496 e. The lowest BCUT2D eigenvalue weighted by Crippen LogP contribution is -2.48. The van der Waals surface area contributed by atoms with Crippen LogP contribution in [0.4, 0.5) is 0 Å². The highest BCUT2D eigenvalue weighted by Gasteiger charge is 2.36. The summed E-state index contributed by atoms with van der Waals surface area (Å²) in [7, 11) is 1.64. The van der Waals surface area contributed by atoms with E-state index in [2.05, 4.69) is 10.1 Å². The van der Waals surface area contributed by atoms with Gasteiger partial charge in [0, 0.05) is 25.1 Å². The molecule has 1 amide bonds. The minimum atomic E-state index is -0.116. The van der Waals surface area contributed by atoms with Crippen LogP contribution >= 0.6 is 0 Å². The monoisotopic (exact) mass is 339 g/mol. The van der Waals surface area contributed by atoms with Crippen molar-refractivity contribution in [1.82, 2.24) is 15.0 Å². The van der Waals surface area contributed by atoms with Gasteiger partial charge in [-0.25, -0.2) is 0 Å². The molecule has 1 aliphatic rings.